The monoisotopic (exact) mass is 269 g/mol. The molecule has 0 aliphatic rings. The minimum atomic E-state index is 0.0545. The molecule has 0 saturated heterocycles. The lowest BCUT2D eigenvalue weighted by Gasteiger charge is -2.11. The molecule has 2 nitrogen and oxygen atoms in total. The van der Waals surface area contributed by atoms with Gasteiger partial charge in [-0.1, -0.05) is 38.1 Å². The predicted molar refractivity (Wildman–Crippen MR) is 84.3 cm³/mol. The van der Waals surface area contributed by atoms with Gasteiger partial charge in [0, 0.05) is 6.04 Å². The van der Waals surface area contributed by atoms with E-state index in [9.17, 15) is 0 Å². The van der Waals surface area contributed by atoms with Crippen LogP contribution in [0, 0.1) is 0 Å². The largest absolute Gasteiger partial charge is 0.457 e. The van der Waals surface area contributed by atoms with E-state index in [1.165, 1.54) is 5.56 Å². The van der Waals surface area contributed by atoms with Crippen molar-refractivity contribution in [1.29, 1.82) is 0 Å². The molecule has 2 heteroatoms. The number of nitrogens with two attached hydrogens (primary N) is 1. The molecule has 2 N–H and O–H groups in total. The summed E-state index contributed by atoms with van der Waals surface area (Å²) >= 11 is 0. The third kappa shape index (κ3) is 3.61. The SMILES string of the molecule is CCC(C)c1ccc(Oc2ccc([C@H](C)N)cc2)cc1. The Kier molecular flexibility index (Phi) is 4.80. The lowest BCUT2D eigenvalue weighted by atomic mass is 9.99. The Hall–Kier alpha value is -1.80. The molecule has 0 amide bonds. The van der Waals surface area contributed by atoms with Crippen LogP contribution in [0.1, 0.15) is 50.3 Å². The topological polar surface area (TPSA) is 35.2 Å². The molecule has 2 rings (SSSR count). The first-order chi connectivity index (χ1) is 9.60. The van der Waals surface area contributed by atoms with E-state index in [1.54, 1.807) is 0 Å². The molecule has 0 aromatic heterocycles. The molecule has 20 heavy (non-hydrogen) atoms. The Labute approximate surface area is 121 Å². The summed E-state index contributed by atoms with van der Waals surface area (Å²) in [4.78, 5) is 0. The summed E-state index contributed by atoms with van der Waals surface area (Å²) in [5.41, 5.74) is 8.30. The normalized spacial score (nSPS) is 13.8. The van der Waals surface area contributed by atoms with Gasteiger partial charge in [-0.2, -0.15) is 0 Å². The van der Waals surface area contributed by atoms with Crippen LogP contribution in [0.15, 0.2) is 48.5 Å². The first-order valence-corrected chi connectivity index (χ1v) is 7.23. The molecule has 0 spiro atoms. The lowest BCUT2D eigenvalue weighted by Crippen LogP contribution is -2.04. The van der Waals surface area contributed by atoms with Gasteiger partial charge in [0.1, 0.15) is 11.5 Å². The number of ether oxygens (including phenoxy) is 1. The van der Waals surface area contributed by atoms with Gasteiger partial charge in [0.15, 0.2) is 0 Å². The van der Waals surface area contributed by atoms with Crippen LogP contribution in [0.5, 0.6) is 11.5 Å². The minimum absolute atomic E-state index is 0.0545. The highest BCUT2D eigenvalue weighted by atomic mass is 16.5. The van der Waals surface area contributed by atoms with Gasteiger partial charge < -0.3 is 10.5 Å². The highest BCUT2D eigenvalue weighted by molar-refractivity contribution is 5.35. The van der Waals surface area contributed by atoms with Gasteiger partial charge in [0.2, 0.25) is 0 Å². The second-order valence-electron chi connectivity index (χ2n) is 5.34. The number of hydrogen-bond donors (Lipinski definition) is 1. The average Bonchev–Trinajstić information content (AvgIpc) is 2.48. The molecule has 1 unspecified atom stereocenters. The van der Waals surface area contributed by atoms with Gasteiger partial charge in [0.05, 0.1) is 0 Å². The van der Waals surface area contributed by atoms with Crippen LogP contribution in [0.3, 0.4) is 0 Å². The number of hydrogen-bond acceptors (Lipinski definition) is 2. The third-order valence-corrected chi connectivity index (χ3v) is 3.70. The summed E-state index contributed by atoms with van der Waals surface area (Å²) in [6.45, 7) is 6.42. The van der Waals surface area contributed by atoms with E-state index in [1.807, 2.05) is 43.3 Å². The molecule has 0 radical (unpaired) electrons. The molecule has 0 heterocycles. The zero-order chi connectivity index (χ0) is 14.5. The van der Waals surface area contributed by atoms with Crippen molar-refractivity contribution in [2.75, 3.05) is 0 Å². The predicted octanol–water partition coefficient (Wildman–Crippen LogP) is 5.01. The van der Waals surface area contributed by atoms with Crippen molar-refractivity contribution in [3.63, 3.8) is 0 Å². The molecular formula is C18H23NO. The van der Waals surface area contributed by atoms with Gasteiger partial charge >= 0.3 is 0 Å². The Morgan fingerprint density at radius 2 is 1.30 bits per heavy atom. The summed E-state index contributed by atoms with van der Waals surface area (Å²) < 4.78 is 5.84. The fourth-order valence-corrected chi connectivity index (χ4v) is 2.08. The van der Waals surface area contributed by atoms with Crippen LogP contribution >= 0.6 is 0 Å². The molecule has 2 aromatic rings. The number of benzene rings is 2. The smallest absolute Gasteiger partial charge is 0.127 e. The maximum absolute atomic E-state index is 5.84. The Morgan fingerprint density at radius 1 is 0.850 bits per heavy atom. The van der Waals surface area contributed by atoms with Crippen LogP contribution in [0.2, 0.25) is 0 Å². The van der Waals surface area contributed by atoms with Gasteiger partial charge in [0.25, 0.3) is 0 Å². The van der Waals surface area contributed by atoms with Crippen molar-refractivity contribution in [1.82, 2.24) is 0 Å². The van der Waals surface area contributed by atoms with Crippen molar-refractivity contribution < 1.29 is 4.74 Å². The fourth-order valence-electron chi connectivity index (χ4n) is 2.08. The van der Waals surface area contributed by atoms with Crippen LogP contribution in [-0.2, 0) is 0 Å². The maximum atomic E-state index is 5.84. The lowest BCUT2D eigenvalue weighted by molar-refractivity contribution is 0.482. The van der Waals surface area contributed by atoms with Crippen molar-refractivity contribution >= 4 is 0 Å². The van der Waals surface area contributed by atoms with E-state index in [0.717, 1.165) is 23.5 Å². The van der Waals surface area contributed by atoms with E-state index < -0.39 is 0 Å². The summed E-state index contributed by atoms with van der Waals surface area (Å²) in [5.74, 6) is 2.30. The Morgan fingerprint density at radius 3 is 1.70 bits per heavy atom. The van der Waals surface area contributed by atoms with Crippen LogP contribution < -0.4 is 10.5 Å². The van der Waals surface area contributed by atoms with Gasteiger partial charge in [-0.3, -0.25) is 0 Å². The molecule has 0 aliphatic heterocycles. The van der Waals surface area contributed by atoms with Crippen LogP contribution in [-0.4, -0.2) is 0 Å². The average molecular weight is 269 g/mol. The Balaban J connectivity index is 2.06. The van der Waals surface area contributed by atoms with Crippen molar-refractivity contribution in [2.45, 2.75) is 39.2 Å². The van der Waals surface area contributed by atoms with E-state index in [2.05, 4.69) is 26.0 Å². The minimum Gasteiger partial charge on any atom is -0.457 e. The first-order valence-electron chi connectivity index (χ1n) is 7.23. The van der Waals surface area contributed by atoms with Crippen molar-refractivity contribution in [3.05, 3.63) is 59.7 Å². The zero-order valence-corrected chi connectivity index (χ0v) is 12.5. The van der Waals surface area contributed by atoms with Gasteiger partial charge in [-0.25, -0.2) is 0 Å². The van der Waals surface area contributed by atoms with Crippen LogP contribution in [0.25, 0.3) is 0 Å². The summed E-state index contributed by atoms with van der Waals surface area (Å²) in [6, 6.07) is 16.3. The first kappa shape index (κ1) is 14.6. The summed E-state index contributed by atoms with van der Waals surface area (Å²) in [7, 11) is 0. The standard InChI is InChI=1S/C18H23NO/c1-4-13(2)15-5-9-17(10-6-15)20-18-11-7-16(8-12-18)14(3)19/h5-14H,4,19H2,1-3H3/t13?,14-/m0/s1. The highest BCUT2D eigenvalue weighted by Crippen LogP contribution is 2.26. The molecule has 0 fully saturated rings. The van der Waals surface area contributed by atoms with E-state index >= 15 is 0 Å². The van der Waals surface area contributed by atoms with Gasteiger partial charge in [-0.15, -0.1) is 0 Å². The third-order valence-electron chi connectivity index (χ3n) is 3.70. The molecule has 2 aromatic carbocycles. The van der Waals surface area contributed by atoms with Crippen molar-refractivity contribution in [2.24, 2.45) is 5.73 Å². The van der Waals surface area contributed by atoms with E-state index in [0.29, 0.717) is 5.92 Å². The van der Waals surface area contributed by atoms with E-state index in [4.69, 9.17) is 10.5 Å². The van der Waals surface area contributed by atoms with Gasteiger partial charge in [-0.05, 0) is 54.7 Å². The second kappa shape index (κ2) is 6.58. The fraction of sp³-hybridized carbons (Fsp3) is 0.333. The van der Waals surface area contributed by atoms with Crippen molar-refractivity contribution in [3.8, 4) is 11.5 Å². The molecule has 0 saturated carbocycles. The molecule has 106 valence electrons. The maximum Gasteiger partial charge on any atom is 0.127 e. The molecular weight excluding hydrogens is 246 g/mol. The summed E-state index contributed by atoms with van der Waals surface area (Å²) in [5, 5.41) is 0. The second-order valence-corrected chi connectivity index (χ2v) is 5.34. The zero-order valence-electron chi connectivity index (χ0n) is 12.5. The quantitative estimate of drug-likeness (QED) is 0.827. The molecule has 2 atom stereocenters. The van der Waals surface area contributed by atoms with Crippen LogP contribution in [0.4, 0.5) is 0 Å². The summed E-state index contributed by atoms with van der Waals surface area (Å²) in [6.07, 6.45) is 1.15. The number of rotatable bonds is 5. The highest BCUT2D eigenvalue weighted by Gasteiger charge is 2.04. The molecule has 0 aliphatic carbocycles. The van der Waals surface area contributed by atoms with E-state index in [-0.39, 0.29) is 6.04 Å². The molecule has 0 bridgehead atoms. The Bertz CT molecular complexity index is 528.